The van der Waals surface area contributed by atoms with E-state index in [2.05, 4.69) is 93.7 Å². The van der Waals surface area contributed by atoms with Gasteiger partial charge in [-0.2, -0.15) is 5.10 Å². The summed E-state index contributed by atoms with van der Waals surface area (Å²) >= 11 is 3.48. The van der Waals surface area contributed by atoms with Crippen LogP contribution in [0.4, 0.5) is 0 Å². The van der Waals surface area contributed by atoms with E-state index in [0.717, 1.165) is 4.47 Å². The van der Waals surface area contributed by atoms with Crippen LogP contribution in [-0.4, -0.2) is 16.3 Å². The number of aromatic hydroxyl groups is 1. The van der Waals surface area contributed by atoms with Crippen molar-refractivity contribution in [3.63, 3.8) is 0 Å². The number of hydrazone groups is 1. The average molecular weight is 493 g/mol. The number of halogens is 1. The van der Waals surface area contributed by atoms with E-state index in [9.17, 15) is 5.11 Å². The average Bonchev–Trinajstić information content (AvgIpc) is 3.01. The first kappa shape index (κ1) is 20.0. The van der Waals surface area contributed by atoms with Crippen molar-refractivity contribution in [2.45, 2.75) is 13.1 Å². The zero-order valence-electron chi connectivity index (χ0n) is 17.9. The predicted octanol–water partition coefficient (Wildman–Crippen LogP) is 7.48. The molecule has 0 saturated heterocycles. The molecule has 5 aromatic rings. The SMILES string of the molecule is Oc1ccc(Br)cc1/C=N/N1Cc2ccc3ccccc3c2-c2c(ccc3ccccc23)C1. The van der Waals surface area contributed by atoms with Gasteiger partial charge in [0.05, 0.1) is 19.3 Å². The van der Waals surface area contributed by atoms with Crippen LogP contribution < -0.4 is 0 Å². The Balaban J connectivity index is 1.56. The van der Waals surface area contributed by atoms with Crippen molar-refractivity contribution < 1.29 is 5.11 Å². The van der Waals surface area contributed by atoms with Crippen LogP contribution in [0.25, 0.3) is 32.7 Å². The molecule has 160 valence electrons. The van der Waals surface area contributed by atoms with Gasteiger partial charge in [-0.3, -0.25) is 5.01 Å². The molecule has 0 fully saturated rings. The Morgan fingerprint density at radius 3 is 1.91 bits per heavy atom. The maximum Gasteiger partial charge on any atom is 0.124 e. The number of hydrogen-bond donors (Lipinski definition) is 1. The minimum Gasteiger partial charge on any atom is -0.507 e. The van der Waals surface area contributed by atoms with Gasteiger partial charge in [-0.05, 0) is 62.0 Å². The molecule has 0 aliphatic carbocycles. The standard InChI is InChI=1S/C29H21BrN2O/c30-24-13-14-27(33)23(15-24)16-31-32-17-21-11-9-19-5-1-3-7-25(19)28(21)29-22(18-32)12-10-20-6-2-4-8-26(20)29/h1-16,33H,17-18H2/b31-16+. The summed E-state index contributed by atoms with van der Waals surface area (Å²) in [5, 5.41) is 22.1. The lowest BCUT2D eigenvalue weighted by molar-refractivity contribution is 0.276. The third-order valence-corrected chi connectivity index (χ3v) is 6.83. The summed E-state index contributed by atoms with van der Waals surface area (Å²) in [6.45, 7) is 1.38. The quantitative estimate of drug-likeness (QED) is 0.259. The molecule has 1 aliphatic heterocycles. The lowest BCUT2D eigenvalue weighted by atomic mass is 9.88. The second-order valence-electron chi connectivity index (χ2n) is 8.41. The van der Waals surface area contributed by atoms with E-state index >= 15 is 0 Å². The highest BCUT2D eigenvalue weighted by Crippen LogP contribution is 2.42. The molecule has 1 heterocycles. The summed E-state index contributed by atoms with van der Waals surface area (Å²) in [4.78, 5) is 0. The van der Waals surface area contributed by atoms with Gasteiger partial charge >= 0.3 is 0 Å². The molecule has 3 nitrogen and oxygen atoms in total. The molecular formula is C29H21BrN2O. The molecule has 0 spiro atoms. The number of nitrogens with zero attached hydrogens (tertiary/aromatic N) is 2. The number of phenolic OH excluding ortho intramolecular Hbond substituents is 1. The fourth-order valence-electron chi connectivity index (χ4n) is 4.79. The fraction of sp³-hybridized carbons (Fsp3) is 0.0690. The summed E-state index contributed by atoms with van der Waals surface area (Å²) in [7, 11) is 0. The van der Waals surface area contributed by atoms with E-state index in [1.807, 2.05) is 12.1 Å². The van der Waals surface area contributed by atoms with Crippen LogP contribution in [0.2, 0.25) is 0 Å². The first-order chi connectivity index (χ1) is 16.2. The first-order valence-corrected chi connectivity index (χ1v) is 11.8. The van der Waals surface area contributed by atoms with Crippen LogP contribution in [-0.2, 0) is 13.1 Å². The molecular weight excluding hydrogens is 472 g/mol. The number of hydrogen-bond acceptors (Lipinski definition) is 3. The van der Waals surface area contributed by atoms with Gasteiger partial charge in [0.1, 0.15) is 5.75 Å². The fourth-order valence-corrected chi connectivity index (χ4v) is 5.17. The van der Waals surface area contributed by atoms with Crippen molar-refractivity contribution in [2.75, 3.05) is 0 Å². The predicted molar refractivity (Wildman–Crippen MR) is 140 cm³/mol. The maximum atomic E-state index is 10.2. The van der Waals surface area contributed by atoms with Gasteiger partial charge in [-0.1, -0.05) is 88.7 Å². The number of benzene rings is 5. The maximum absolute atomic E-state index is 10.2. The summed E-state index contributed by atoms with van der Waals surface area (Å²) in [5.74, 6) is 0.217. The number of rotatable bonds is 2. The van der Waals surface area contributed by atoms with E-state index in [-0.39, 0.29) is 5.75 Å². The molecule has 4 heteroatoms. The molecule has 1 N–H and O–H groups in total. The zero-order chi connectivity index (χ0) is 22.4. The minimum atomic E-state index is 0.217. The van der Waals surface area contributed by atoms with Crippen molar-refractivity contribution in [1.82, 2.24) is 5.01 Å². The molecule has 0 radical (unpaired) electrons. The van der Waals surface area contributed by atoms with Crippen LogP contribution in [0.3, 0.4) is 0 Å². The van der Waals surface area contributed by atoms with Gasteiger partial charge < -0.3 is 5.11 Å². The third kappa shape index (κ3) is 3.57. The topological polar surface area (TPSA) is 35.8 Å². The lowest BCUT2D eigenvalue weighted by Gasteiger charge is -2.17. The molecule has 0 saturated carbocycles. The molecule has 0 bridgehead atoms. The Bertz CT molecular complexity index is 1470. The Morgan fingerprint density at radius 1 is 0.727 bits per heavy atom. The molecule has 1 aliphatic rings. The van der Waals surface area contributed by atoms with E-state index in [4.69, 9.17) is 5.10 Å². The van der Waals surface area contributed by atoms with Gasteiger partial charge in [-0.25, -0.2) is 0 Å². The largest absolute Gasteiger partial charge is 0.507 e. The Morgan fingerprint density at radius 2 is 1.30 bits per heavy atom. The Labute approximate surface area is 200 Å². The van der Waals surface area contributed by atoms with Crippen LogP contribution in [0.1, 0.15) is 16.7 Å². The summed E-state index contributed by atoms with van der Waals surface area (Å²) in [6, 6.07) is 31.4. The first-order valence-electron chi connectivity index (χ1n) is 11.0. The molecule has 0 amide bonds. The second-order valence-corrected chi connectivity index (χ2v) is 9.33. The summed E-state index contributed by atoms with van der Waals surface area (Å²) in [6.07, 6.45) is 1.74. The van der Waals surface area contributed by atoms with Crippen LogP contribution in [0, 0.1) is 0 Å². The normalized spacial score (nSPS) is 13.3. The molecule has 0 atom stereocenters. The van der Waals surface area contributed by atoms with E-state index in [1.54, 1.807) is 12.3 Å². The molecule has 0 unspecified atom stereocenters. The molecule has 0 aromatic heterocycles. The molecule has 33 heavy (non-hydrogen) atoms. The zero-order valence-corrected chi connectivity index (χ0v) is 19.5. The highest BCUT2D eigenvalue weighted by Gasteiger charge is 2.22. The van der Waals surface area contributed by atoms with Gasteiger partial charge in [0.2, 0.25) is 0 Å². The van der Waals surface area contributed by atoms with Gasteiger partial charge in [-0.15, -0.1) is 0 Å². The van der Waals surface area contributed by atoms with Crippen molar-refractivity contribution in [3.05, 3.63) is 112 Å². The Hall–Kier alpha value is -3.63. The summed E-state index contributed by atoms with van der Waals surface area (Å²) in [5.41, 5.74) is 5.77. The van der Waals surface area contributed by atoms with E-state index < -0.39 is 0 Å². The Kier molecular flexibility index (Phi) is 4.88. The van der Waals surface area contributed by atoms with Crippen molar-refractivity contribution in [3.8, 4) is 16.9 Å². The minimum absolute atomic E-state index is 0.217. The van der Waals surface area contributed by atoms with E-state index in [1.165, 1.54) is 43.8 Å². The van der Waals surface area contributed by atoms with E-state index in [0.29, 0.717) is 18.7 Å². The van der Waals surface area contributed by atoms with Crippen LogP contribution in [0.5, 0.6) is 5.75 Å². The van der Waals surface area contributed by atoms with Crippen molar-refractivity contribution in [1.29, 1.82) is 0 Å². The smallest absolute Gasteiger partial charge is 0.124 e. The highest BCUT2D eigenvalue weighted by atomic mass is 79.9. The van der Waals surface area contributed by atoms with Crippen molar-refractivity contribution in [2.24, 2.45) is 5.10 Å². The van der Waals surface area contributed by atoms with Gasteiger partial charge in [0, 0.05) is 10.0 Å². The lowest BCUT2D eigenvalue weighted by Crippen LogP contribution is -2.15. The van der Waals surface area contributed by atoms with Crippen molar-refractivity contribution >= 4 is 43.7 Å². The van der Waals surface area contributed by atoms with Crippen LogP contribution >= 0.6 is 15.9 Å². The third-order valence-electron chi connectivity index (χ3n) is 6.34. The van der Waals surface area contributed by atoms with Gasteiger partial charge in [0.25, 0.3) is 0 Å². The molecule has 5 aromatic carbocycles. The highest BCUT2D eigenvalue weighted by molar-refractivity contribution is 9.10. The summed E-state index contributed by atoms with van der Waals surface area (Å²) < 4.78 is 0.909. The monoisotopic (exact) mass is 492 g/mol. The van der Waals surface area contributed by atoms with Gasteiger partial charge in [0.15, 0.2) is 0 Å². The second kappa shape index (κ2) is 8.05. The number of fused-ring (bicyclic) bond motifs is 7. The molecule has 6 rings (SSSR count). The number of phenols is 1. The van der Waals surface area contributed by atoms with Crippen LogP contribution in [0.15, 0.2) is 101 Å².